The van der Waals surface area contributed by atoms with E-state index in [-0.39, 0.29) is 11.8 Å². The number of hydrogen-bond donors (Lipinski definition) is 1. The van der Waals surface area contributed by atoms with E-state index in [4.69, 9.17) is 11.6 Å². The molecule has 1 atom stereocenters. The standard InChI is InChI=1S/C20H27ClN4O2/c1-24(20(27)18-8-9-19(26)23-22-18)13-16-3-2-11-25(14-16)12-10-15-4-6-17(21)7-5-15/h4-7,16H,2-3,8-14H2,1H3,(H,23,26)/t16-/m0/s1. The minimum atomic E-state index is -0.127. The Morgan fingerprint density at radius 1 is 1.33 bits per heavy atom. The topological polar surface area (TPSA) is 65.0 Å². The summed E-state index contributed by atoms with van der Waals surface area (Å²) < 4.78 is 0. The maximum atomic E-state index is 12.5. The van der Waals surface area contributed by atoms with Crippen molar-refractivity contribution in [3.05, 3.63) is 34.9 Å². The summed E-state index contributed by atoms with van der Waals surface area (Å²) in [5.41, 5.74) is 4.15. The number of carbonyl (C=O) groups is 2. The molecular weight excluding hydrogens is 364 g/mol. The Bertz CT molecular complexity index is 704. The highest BCUT2D eigenvalue weighted by molar-refractivity contribution is 6.39. The SMILES string of the molecule is CN(C[C@@H]1CCCN(CCc2ccc(Cl)cc2)C1)C(=O)C1=NNC(=O)CC1. The minimum absolute atomic E-state index is 0.0757. The Morgan fingerprint density at radius 2 is 2.11 bits per heavy atom. The molecule has 2 aliphatic rings. The summed E-state index contributed by atoms with van der Waals surface area (Å²) in [7, 11) is 1.83. The van der Waals surface area contributed by atoms with Crippen molar-refractivity contribution in [2.45, 2.75) is 32.1 Å². The van der Waals surface area contributed by atoms with Crippen LogP contribution in [0.4, 0.5) is 0 Å². The third kappa shape index (κ3) is 5.78. The molecule has 2 amide bonds. The molecule has 7 heteroatoms. The summed E-state index contributed by atoms with van der Waals surface area (Å²) in [6.45, 7) is 3.87. The lowest BCUT2D eigenvalue weighted by Crippen LogP contribution is -2.44. The number of halogens is 1. The summed E-state index contributed by atoms with van der Waals surface area (Å²) in [6, 6.07) is 8.04. The summed E-state index contributed by atoms with van der Waals surface area (Å²) >= 11 is 5.95. The van der Waals surface area contributed by atoms with Crippen LogP contribution in [-0.2, 0) is 16.0 Å². The highest BCUT2D eigenvalue weighted by Gasteiger charge is 2.26. The van der Waals surface area contributed by atoms with Crippen LogP contribution in [0.3, 0.4) is 0 Å². The van der Waals surface area contributed by atoms with Crippen molar-refractivity contribution in [1.82, 2.24) is 15.2 Å². The number of benzene rings is 1. The van der Waals surface area contributed by atoms with E-state index in [9.17, 15) is 9.59 Å². The van der Waals surface area contributed by atoms with E-state index in [0.717, 1.165) is 50.5 Å². The van der Waals surface area contributed by atoms with Crippen LogP contribution >= 0.6 is 11.6 Å². The van der Waals surface area contributed by atoms with Gasteiger partial charge in [-0.05, 0) is 49.4 Å². The van der Waals surface area contributed by atoms with Crippen LogP contribution in [-0.4, -0.2) is 60.6 Å². The molecule has 0 unspecified atom stereocenters. The molecular formula is C20H27ClN4O2. The molecule has 0 spiro atoms. The number of carbonyl (C=O) groups excluding carboxylic acids is 2. The molecule has 0 radical (unpaired) electrons. The van der Waals surface area contributed by atoms with Gasteiger partial charge in [-0.1, -0.05) is 23.7 Å². The molecule has 1 aromatic rings. The third-order valence-electron chi connectivity index (χ3n) is 5.26. The van der Waals surface area contributed by atoms with Gasteiger partial charge >= 0.3 is 0 Å². The van der Waals surface area contributed by atoms with Gasteiger partial charge in [0.2, 0.25) is 5.91 Å². The van der Waals surface area contributed by atoms with Gasteiger partial charge in [0.25, 0.3) is 5.91 Å². The molecule has 146 valence electrons. The van der Waals surface area contributed by atoms with Crippen LogP contribution in [0.25, 0.3) is 0 Å². The number of nitrogens with one attached hydrogen (secondary N) is 1. The first kappa shape index (κ1) is 19.8. The molecule has 2 aliphatic heterocycles. The predicted molar refractivity (Wildman–Crippen MR) is 107 cm³/mol. The predicted octanol–water partition coefficient (Wildman–Crippen LogP) is 2.32. The van der Waals surface area contributed by atoms with E-state index in [1.54, 1.807) is 4.90 Å². The largest absolute Gasteiger partial charge is 0.340 e. The molecule has 3 rings (SSSR count). The summed E-state index contributed by atoms with van der Waals surface area (Å²) in [5.74, 6) is 0.266. The van der Waals surface area contributed by atoms with E-state index in [1.165, 1.54) is 5.56 Å². The lowest BCUT2D eigenvalue weighted by atomic mass is 9.96. The smallest absolute Gasteiger partial charge is 0.269 e. The zero-order valence-corrected chi connectivity index (χ0v) is 16.5. The van der Waals surface area contributed by atoms with Crippen LogP contribution in [0.2, 0.25) is 5.02 Å². The molecule has 1 fully saturated rings. The van der Waals surface area contributed by atoms with Gasteiger partial charge in [0.05, 0.1) is 0 Å². The van der Waals surface area contributed by atoms with Gasteiger partial charge in [0, 0.05) is 44.5 Å². The minimum Gasteiger partial charge on any atom is -0.340 e. The highest BCUT2D eigenvalue weighted by atomic mass is 35.5. The first-order valence-electron chi connectivity index (χ1n) is 9.59. The van der Waals surface area contributed by atoms with Crippen molar-refractivity contribution in [2.24, 2.45) is 11.0 Å². The number of rotatable bonds is 6. The Balaban J connectivity index is 1.46. The van der Waals surface area contributed by atoms with E-state index in [2.05, 4.69) is 27.6 Å². The average Bonchev–Trinajstić information content (AvgIpc) is 2.68. The molecule has 6 nitrogen and oxygen atoms in total. The van der Waals surface area contributed by atoms with Gasteiger partial charge in [-0.25, -0.2) is 5.43 Å². The third-order valence-corrected chi connectivity index (χ3v) is 5.52. The van der Waals surface area contributed by atoms with Crippen LogP contribution in [0.1, 0.15) is 31.2 Å². The van der Waals surface area contributed by atoms with E-state index in [0.29, 0.717) is 24.5 Å². The quantitative estimate of drug-likeness (QED) is 0.810. The van der Waals surface area contributed by atoms with Crippen molar-refractivity contribution < 1.29 is 9.59 Å². The van der Waals surface area contributed by atoms with Gasteiger partial charge in [-0.3, -0.25) is 9.59 Å². The maximum absolute atomic E-state index is 12.5. The van der Waals surface area contributed by atoms with Crippen LogP contribution in [0, 0.1) is 5.92 Å². The van der Waals surface area contributed by atoms with Crippen molar-refractivity contribution in [1.29, 1.82) is 0 Å². The highest BCUT2D eigenvalue weighted by Crippen LogP contribution is 2.19. The second-order valence-corrected chi connectivity index (χ2v) is 7.90. The molecule has 0 bridgehead atoms. The molecule has 27 heavy (non-hydrogen) atoms. The van der Waals surface area contributed by atoms with Gasteiger partial charge in [0.15, 0.2) is 0 Å². The van der Waals surface area contributed by atoms with Gasteiger partial charge in [0.1, 0.15) is 5.71 Å². The lowest BCUT2D eigenvalue weighted by Gasteiger charge is -2.35. The van der Waals surface area contributed by atoms with Crippen molar-refractivity contribution >= 4 is 29.1 Å². The Hall–Kier alpha value is -1.92. The number of piperidine rings is 1. The molecule has 0 saturated carbocycles. The molecule has 0 aromatic heterocycles. The number of likely N-dealkylation sites (tertiary alicyclic amines) is 1. The van der Waals surface area contributed by atoms with Gasteiger partial charge in [-0.15, -0.1) is 0 Å². The molecule has 1 N–H and O–H groups in total. The van der Waals surface area contributed by atoms with Gasteiger partial charge < -0.3 is 9.80 Å². The normalized spacial score (nSPS) is 20.7. The number of nitrogens with zero attached hydrogens (tertiary/aromatic N) is 3. The molecule has 0 aliphatic carbocycles. The van der Waals surface area contributed by atoms with E-state index in [1.807, 2.05) is 19.2 Å². The molecule has 1 aromatic carbocycles. The number of amides is 2. The maximum Gasteiger partial charge on any atom is 0.269 e. The van der Waals surface area contributed by atoms with E-state index >= 15 is 0 Å². The second kappa shape index (κ2) is 9.33. The molecule has 2 heterocycles. The second-order valence-electron chi connectivity index (χ2n) is 7.46. The van der Waals surface area contributed by atoms with Crippen LogP contribution in [0.5, 0.6) is 0 Å². The van der Waals surface area contributed by atoms with Crippen molar-refractivity contribution in [3.63, 3.8) is 0 Å². The van der Waals surface area contributed by atoms with Crippen molar-refractivity contribution in [3.8, 4) is 0 Å². The fourth-order valence-corrected chi connectivity index (χ4v) is 3.89. The zero-order chi connectivity index (χ0) is 19.2. The number of hydrazone groups is 1. The van der Waals surface area contributed by atoms with E-state index < -0.39 is 0 Å². The van der Waals surface area contributed by atoms with Crippen LogP contribution in [0.15, 0.2) is 29.4 Å². The zero-order valence-electron chi connectivity index (χ0n) is 15.8. The van der Waals surface area contributed by atoms with Crippen molar-refractivity contribution in [2.75, 3.05) is 33.2 Å². The number of hydrogen-bond acceptors (Lipinski definition) is 4. The summed E-state index contributed by atoms with van der Waals surface area (Å²) in [4.78, 5) is 27.9. The average molecular weight is 391 g/mol. The first-order chi connectivity index (χ1) is 13.0. The van der Waals surface area contributed by atoms with Gasteiger partial charge in [-0.2, -0.15) is 5.10 Å². The Kier molecular flexibility index (Phi) is 6.85. The summed E-state index contributed by atoms with van der Waals surface area (Å²) in [6.07, 6.45) is 4.06. The first-order valence-corrected chi connectivity index (χ1v) is 9.96. The Morgan fingerprint density at radius 3 is 2.81 bits per heavy atom. The molecule has 1 saturated heterocycles. The van der Waals surface area contributed by atoms with Crippen LogP contribution < -0.4 is 5.43 Å². The lowest BCUT2D eigenvalue weighted by molar-refractivity contribution is -0.124. The fourth-order valence-electron chi connectivity index (χ4n) is 3.76. The summed E-state index contributed by atoms with van der Waals surface area (Å²) in [5, 5.41) is 4.68. The Labute approximate surface area is 165 Å². The fraction of sp³-hybridized carbons (Fsp3) is 0.550. The monoisotopic (exact) mass is 390 g/mol.